The first-order valence-electron chi connectivity index (χ1n) is 11.2. The van der Waals surface area contributed by atoms with Gasteiger partial charge in [-0.3, -0.25) is 10.2 Å². The van der Waals surface area contributed by atoms with Gasteiger partial charge in [-0.2, -0.15) is 0 Å². The van der Waals surface area contributed by atoms with Crippen LogP contribution in [0.15, 0.2) is 24.3 Å². The van der Waals surface area contributed by atoms with Crippen LogP contribution < -0.4 is 10.1 Å². The van der Waals surface area contributed by atoms with E-state index >= 15 is 0 Å². The number of carbonyl (C=O) groups excluding carboxylic acids is 1. The van der Waals surface area contributed by atoms with Gasteiger partial charge < -0.3 is 9.47 Å². The Morgan fingerprint density at radius 1 is 1.00 bits per heavy atom. The number of hydrogen-bond acceptors (Lipinski definition) is 4. The van der Waals surface area contributed by atoms with Crippen molar-refractivity contribution in [1.29, 1.82) is 0 Å². The molecular formula is C23H38N2O3. The van der Waals surface area contributed by atoms with Crippen molar-refractivity contribution in [3.8, 4) is 5.75 Å². The standard InChI is InChI=1S/C23H38N2O3/c1-2-3-4-5-8-11-18-27-22-14-12-13-21(20-22)24-23(26)28-19-17-25-15-9-6-7-10-16-25/h12-14,20H,2-11,15-19H2,1H3,(H,24,26). The summed E-state index contributed by atoms with van der Waals surface area (Å²) in [4.78, 5) is 14.4. The Morgan fingerprint density at radius 2 is 1.75 bits per heavy atom. The molecule has 1 heterocycles. The second-order valence-electron chi connectivity index (χ2n) is 7.66. The van der Waals surface area contributed by atoms with Gasteiger partial charge >= 0.3 is 6.09 Å². The molecule has 28 heavy (non-hydrogen) atoms. The number of rotatable bonds is 12. The van der Waals surface area contributed by atoms with Gasteiger partial charge in [0, 0.05) is 18.3 Å². The third-order valence-corrected chi connectivity index (χ3v) is 5.19. The van der Waals surface area contributed by atoms with Gasteiger partial charge in [0.2, 0.25) is 0 Å². The molecule has 1 fully saturated rings. The molecular weight excluding hydrogens is 352 g/mol. The van der Waals surface area contributed by atoms with E-state index in [1.165, 1.54) is 57.8 Å². The summed E-state index contributed by atoms with van der Waals surface area (Å²) in [6.45, 7) is 6.42. The first-order valence-corrected chi connectivity index (χ1v) is 11.2. The summed E-state index contributed by atoms with van der Waals surface area (Å²) in [5.74, 6) is 0.788. The summed E-state index contributed by atoms with van der Waals surface area (Å²) < 4.78 is 11.2. The molecule has 0 aliphatic carbocycles. The van der Waals surface area contributed by atoms with Gasteiger partial charge in [0.1, 0.15) is 12.4 Å². The Balaban J connectivity index is 1.60. The van der Waals surface area contributed by atoms with Crippen LogP contribution in [0.5, 0.6) is 5.75 Å². The minimum atomic E-state index is -0.400. The molecule has 1 aliphatic rings. The SMILES string of the molecule is CCCCCCCCOc1cccc(NC(=O)OCCN2CCCCCC2)c1. The van der Waals surface area contributed by atoms with Crippen molar-refractivity contribution in [3.63, 3.8) is 0 Å². The first-order chi connectivity index (χ1) is 13.8. The van der Waals surface area contributed by atoms with Gasteiger partial charge in [0.05, 0.1) is 6.61 Å². The summed E-state index contributed by atoms with van der Waals surface area (Å²) in [5, 5.41) is 2.80. The maximum absolute atomic E-state index is 12.0. The monoisotopic (exact) mass is 390 g/mol. The highest BCUT2D eigenvalue weighted by Gasteiger charge is 2.10. The highest BCUT2D eigenvalue weighted by atomic mass is 16.5. The van der Waals surface area contributed by atoms with E-state index < -0.39 is 6.09 Å². The van der Waals surface area contributed by atoms with Crippen LogP contribution in [-0.2, 0) is 4.74 Å². The van der Waals surface area contributed by atoms with Crippen molar-refractivity contribution in [2.24, 2.45) is 0 Å². The summed E-state index contributed by atoms with van der Waals surface area (Å²) >= 11 is 0. The van der Waals surface area contributed by atoms with Crippen molar-refractivity contribution in [3.05, 3.63) is 24.3 Å². The van der Waals surface area contributed by atoms with Crippen LogP contribution in [0.4, 0.5) is 10.5 Å². The van der Waals surface area contributed by atoms with E-state index in [9.17, 15) is 4.79 Å². The highest BCUT2D eigenvalue weighted by Crippen LogP contribution is 2.18. The zero-order chi connectivity index (χ0) is 19.9. The Labute approximate surface area is 170 Å². The predicted octanol–water partition coefficient (Wildman–Crippen LogP) is 5.85. The first kappa shape index (κ1) is 22.5. The topological polar surface area (TPSA) is 50.8 Å². The third kappa shape index (κ3) is 9.98. The molecule has 158 valence electrons. The molecule has 1 aromatic carbocycles. The molecule has 0 saturated carbocycles. The van der Waals surface area contributed by atoms with Gasteiger partial charge in [0.15, 0.2) is 0 Å². The number of likely N-dealkylation sites (tertiary alicyclic amines) is 1. The van der Waals surface area contributed by atoms with Gasteiger partial charge in [-0.25, -0.2) is 4.79 Å². The van der Waals surface area contributed by atoms with Crippen LogP contribution in [0.1, 0.15) is 71.1 Å². The van der Waals surface area contributed by atoms with Crippen LogP contribution in [0.3, 0.4) is 0 Å². The summed E-state index contributed by atoms with van der Waals surface area (Å²) in [5.41, 5.74) is 0.709. The second kappa shape index (κ2) is 14.3. The maximum Gasteiger partial charge on any atom is 0.411 e. The van der Waals surface area contributed by atoms with E-state index in [0.29, 0.717) is 12.3 Å². The lowest BCUT2D eigenvalue weighted by molar-refractivity contribution is 0.140. The lowest BCUT2D eigenvalue weighted by atomic mass is 10.1. The summed E-state index contributed by atoms with van der Waals surface area (Å²) in [7, 11) is 0. The molecule has 1 N–H and O–H groups in total. The van der Waals surface area contributed by atoms with Gasteiger partial charge in [-0.05, 0) is 44.5 Å². The lowest BCUT2D eigenvalue weighted by Gasteiger charge is -2.19. The average Bonchev–Trinajstić information content (AvgIpc) is 2.96. The molecule has 0 spiro atoms. The fourth-order valence-electron chi connectivity index (χ4n) is 3.52. The smallest absolute Gasteiger partial charge is 0.411 e. The van der Waals surface area contributed by atoms with E-state index in [2.05, 4.69) is 17.1 Å². The molecule has 5 heteroatoms. The molecule has 0 radical (unpaired) electrons. The van der Waals surface area contributed by atoms with Crippen molar-refractivity contribution in [1.82, 2.24) is 4.90 Å². The summed E-state index contributed by atoms with van der Waals surface area (Å²) in [6.07, 6.45) is 12.2. The molecule has 0 bridgehead atoms. The Kier molecular flexibility index (Phi) is 11.5. The number of anilines is 1. The van der Waals surface area contributed by atoms with Crippen molar-refractivity contribution in [2.45, 2.75) is 71.1 Å². The molecule has 0 aromatic heterocycles. The van der Waals surface area contributed by atoms with Crippen LogP contribution in [0, 0.1) is 0 Å². The zero-order valence-electron chi connectivity index (χ0n) is 17.6. The lowest BCUT2D eigenvalue weighted by Crippen LogP contribution is -2.30. The normalized spacial score (nSPS) is 15.0. The Bertz CT molecular complexity index is 542. The number of nitrogens with one attached hydrogen (secondary N) is 1. The van der Waals surface area contributed by atoms with Crippen LogP contribution >= 0.6 is 0 Å². The van der Waals surface area contributed by atoms with Crippen molar-refractivity contribution in [2.75, 3.05) is 38.2 Å². The number of hydrogen-bond donors (Lipinski definition) is 1. The fourth-order valence-corrected chi connectivity index (χ4v) is 3.52. The number of amides is 1. The third-order valence-electron chi connectivity index (χ3n) is 5.19. The fraction of sp³-hybridized carbons (Fsp3) is 0.696. The van der Waals surface area contributed by atoms with E-state index in [0.717, 1.165) is 38.4 Å². The van der Waals surface area contributed by atoms with E-state index in [4.69, 9.17) is 9.47 Å². The molecule has 1 saturated heterocycles. The van der Waals surface area contributed by atoms with E-state index in [1.807, 2.05) is 24.3 Å². The molecule has 2 rings (SSSR count). The molecule has 1 aliphatic heterocycles. The molecule has 5 nitrogen and oxygen atoms in total. The number of nitrogens with zero attached hydrogens (tertiary/aromatic N) is 1. The van der Waals surface area contributed by atoms with Crippen LogP contribution in [0.25, 0.3) is 0 Å². The van der Waals surface area contributed by atoms with Crippen LogP contribution in [-0.4, -0.2) is 43.8 Å². The second-order valence-corrected chi connectivity index (χ2v) is 7.66. The van der Waals surface area contributed by atoms with Crippen LogP contribution in [0.2, 0.25) is 0 Å². The van der Waals surface area contributed by atoms with Crippen molar-refractivity contribution >= 4 is 11.8 Å². The average molecular weight is 391 g/mol. The highest BCUT2D eigenvalue weighted by molar-refractivity contribution is 5.84. The minimum absolute atomic E-state index is 0.400. The number of unbranched alkanes of at least 4 members (excludes halogenated alkanes) is 5. The number of benzene rings is 1. The van der Waals surface area contributed by atoms with E-state index in [-0.39, 0.29) is 0 Å². The quantitative estimate of drug-likeness (QED) is 0.455. The zero-order valence-corrected chi connectivity index (χ0v) is 17.6. The Hall–Kier alpha value is -1.75. The van der Waals surface area contributed by atoms with Gasteiger partial charge in [-0.15, -0.1) is 0 Å². The summed E-state index contributed by atoms with van der Waals surface area (Å²) in [6, 6.07) is 7.52. The molecule has 1 amide bonds. The van der Waals surface area contributed by atoms with Gasteiger partial charge in [0.25, 0.3) is 0 Å². The number of carbonyl (C=O) groups is 1. The van der Waals surface area contributed by atoms with Crippen molar-refractivity contribution < 1.29 is 14.3 Å². The predicted molar refractivity (Wildman–Crippen MR) is 115 cm³/mol. The molecule has 1 aromatic rings. The maximum atomic E-state index is 12.0. The number of ether oxygens (including phenoxy) is 2. The Morgan fingerprint density at radius 3 is 2.54 bits per heavy atom. The minimum Gasteiger partial charge on any atom is -0.494 e. The van der Waals surface area contributed by atoms with Gasteiger partial charge in [-0.1, -0.05) is 57.9 Å². The largest absolute Gasteiger partial charge is 0.494 e. The molecule has 0 unspecified atom stereocenters. The van der Waals surface area contributed by atoms with E-state index in [1.54, 1.807) is 0 Å². The molecule has 0 atom stereocenters.